The second-order valence-electron chi connectivity index (χ2n) is 7.58. The predicted octanol–water partition coefficient (Wildman–Crippen LogP) is 3.24. The molecule has 1 heterocycles. The number of pyridine rings is 1. The van der Waals surface area contributed by atoms with Crippen molar-refractivity contribution in [1.82, 2.24) is 10.3 Å². The van der Waals surface area contributed by atoms with Gasteiger partial charge in [0.25, 0.3) is 0 Å². The van der Waals surface area contributed by atoms with E-state index in [0.717, 1.165) is 24.3 Å². The van der Waals surface area contributed by atoms with Crippen molar-refractivity contribution in [3.63, 3.8) is 0 Å². The lowest BCUT2D eigenvalue weighted by molar-refractivity contribution is 0.130. The first-order valence-corrected chi connectivity index (χ1v) is 8.51. The van der Waals surface area contributed by atoms with Gasteiger partial charge in [-0.2, -0.15) is 0 Å². The normalized spacial score (nSPS) is 22.7. The van der Waals surface area contributed by atoms with Crippen LogP contribution < -0.4 is 15.8 Å². The molecule has 5 nitrogen and oxygen atoms in total. The van der Waals surface area contributed by atoms with Crippen LogP contribution >= 0.6 is 0 Å². The molecule has 0 amide bonds. The number of aliphatic imine (C=N–C) groups is 1. The maximum absolute atomic E-state index is 6.03. The van der Waals surface area contributed by atoms with Gasteiger partial charge in [-0.15, -0.1) is 0 Å². The van der Waals surface area contributed by atoms with Crippen molar-refractivity contribution in [3.05, 3.63) is 23.9 Å². The van der Waals surface area contributed by atoms with Crippen LogP contribution in [0.4, 0.5) is 0 Å². The maximum Gasteiger partial charge on any atom is 0.213 e. The zero-order valence-electron chi connectivity index (χ0n) is 14.8. The Morgan fingerprint density at radius 3 is 2.70 bits per heavy atom. The Kier molecular flexibility index (Phi) is 5.85. The number of ether oxygens (including phenoxy) is 1. The van der Waals surface area contributed by atoms with Gasteiger partial charge in [0.15, 0.2) is 5.96 Å². The summed E-state index contributed by atoms with van der Waals surface area (Å²) in [6.45, 7) is 9.00. The molecule has 1 aliphatic rings. The van der Waals surface area contributed by atoms with Gasteiger partial charge in [0.1, 0.15) is 6.10 Å². The van der Waals surface area contributed by atoms with E-state index in [2.05, 4.69) is 43.0 Å². The molecular weight excluding hydrogens is 288 g/mol. The molecule has 0 spiro atoms. The fraction of sp³-hybridized carbons (Fsp3) is 0.667. The Morgan fingerprint density at radius 2 is 2.04 bits per heavy atom. The second kappa shape index (κ2) is 7.66. The van der Waals surface area contributed by atoms with Crippen LogP contribution in [0.3, 0.4) is 0 Å². The highest BCUT2D eigenvalue weighted by Gasteiger charge is 2.19. The molecule has 0 bridgehead atoms. The molecule has 1 aromatic heterocycles. The molecule has 1 aliphatic carbocycles. The molecule has 3 N–H and O–H groups in total. The number of nitrogens with zero attached hydrogens (tertiary/aromatic N) is 2. The number of rotatable bonds is 4. The molecule has 5 heteroatoms. The Balaban J connectivity index is 1.90. The molecule has 1 aromatic rings. The van der Waals surface area contributed by atoms with E-state index in [9.17, 15) is 0 Å². The summed E-state index contributed by atoms with van der Waals surface area (Å²) in [5, 5.41) is 3.15. The van der Waals surface area contributed by atoms with Crippen LogP contribution in [0, 0.1) is 5.92 Å². The highest BCUT2D eigenvalue weighted by Crippen LogP contribution is 2.26. The van der Waals surface area contributed by atoms with Crippen molar-refractivity contribution in [2.24, 2.45) is 16.6 Å². The zero-order chi connectivity index (χ0) is 16.9. The SMILES string of the molecule is CC1CCC(Oc2cc(CN=C(N)NC(C)(C)C)ccn2)CC1. The first-order valence-electron chi connectivity index (χ1n) is 8.51. The lowest BCUT2D eigenvalue weighted by Crippen LogP contribution is -2.44. The Bertz CT molecular complexity index is 528. The Labute approximate surface area is 139 Å². The van der Waals surface area contributed by atoms with E-state index in [1.807, 2.05) is 12.1 Å². The van der Waals surface area contributed by atoms with Gasteiger partial charge in [0.2, 0.25) is 5.88 Å². The van der Waals surface area contributed by atoms with Gasteiger partial charge in [0.05, 0.1) is 6.54 Å². The summed E-state index contributed by atoms with van der Waals surface area (Å²) in [6, 6.07) is 3.91. The summed E-state index contributed by atoms with van der Waals surface area (Å²) in [4.78, 5) is 8.70. The molecule has 0 aliphatic heterocycles. The lowest BCUT2D eigenvalue weighted by Gasteiger charge is -2.26. The first kappa shape index (κ1) is 17.6. The molecular formula is C18H30N4O. The Morgan fingerprint density at radius 1 is 1.35 bits per heavy atom. The largest absolute Gasteiger partial charge is 0.474 e. The van der Waals surface area contributed by atoms with Crippen molar-refractivity contribution in [2.45, 2.75) is 71.6 Å². The number of nitrogens with one attached hydrogen (secondary N) is 1. The minimum absolute atomic E-state index is 0.0851. The first-order chi connectivity index (χ1) is 10.8. The molecule has 128 valence electrons. The highest BCUT2D eigenvalue weighted by molar-refractivity contribution is 5.78. The van der Waals surface area contributed by atoms with Gasteiger partial charge in [-0.25, -0.2) is 9.98 Å². The lowest BCUT2D eigenvalue weighted by atomic mass is 9.89. The summed E-state index contributed by atoms with van der Waals surface area (Å²) in [5.41, 5.74) is 6.87. The van der Waals surface area contributed by atoms with Gasteiger partial charge < -0.3 is 15.8 Å². The predicted molar refractivity (Wildman–Crippen MR) is 94.5 cm³/mol. The fourth-order valence-corrected chi connectivity index (χ4v) is 2.73. The average Bonchev–Trinajstić information content (AvgIpc) is 2.46. The van der Waals surface area contributed by atoms with Crippen molar-refractivity contribution < 1.29 is 4.74 Å². The number of nitrogens with two attached hydrogens (primary N) is 1. The van der Waals surface area contributed by atoms with Gasteiger partial charge in [0, 0.05) is 17.8 Å². The third-order valence-electron chi connectivity index (χ3n) is 3.98. The van der Waals surface area contributed by atoms with Gasteiger partial charge >= 0.3 is 0 Å². The van der Waals surface area contributed by atoms with Crippen molar-refractivity contribution in [2.75, 3.05) is 0 Å². The summed E-state index contributed by atoms with van der Waals surface area (Å²) < 4.78 is 6.03. The van der Waals surface area contributed by atoms with E-state index in [4.69, 9.17) is 10.5 Å². The van der Waals surface area contributed by atoms with E-state index < -0.39 is 0 Å². The highest BCUT2D eigenvalue weighted by atomic mass is 16.5. The zero-order valence-corrected chi connectivity index (χ0v) is 14.8. The molecule has 0 saturated heterocycles. The van der Waals surface area contributed by atoms with Crippen LogP contribution in [0.25, 0.3) is 0 Å². The van der Waals surface area contributed by atoms with Crippen LogP contribution in [-0.4, -0.2) is 22.6 Å². The Hall–Kier alpha value is -1.78. The van der Waals surface area contributed by atoms with E-state index in [0.29, 0.717) is 24.5 Å². The van der Waals surface area contributed by atoms with Crippen molar-refractivity contribution >= 4 is 5.96 Å². The second-order valence-corrected chi connectivity index (χ2v) is 7.58. The van der Waals surface area contributed by atoms with Crippen LogP contribution in [0.1, 0.15) is 58.9 Å². The van der Waals surface area contributed by atoms with Crippen molar-refractivity contribution in [1.29, 1.82) is 0 Å². The molecule has 0 unspecified atom stereocenters. The minimum atomic E-state index is -0.0851. The molecule has 0 atom stereocenters. The topological polar surface area (TPSA) is 72.5 Å². The molecule has 0 radical (unpaired) electrons. The van der Waals surface area contributed by atoms with Gasteiger partial charge in [-0.1, -0.05) is 6.92 Å². The fourth-order valence-electron chi connectivity index (χ4n) is 2.73. The molecule has 1 fully saturated rings. The number of hydrogen-bond donors (Lipinski definition) is 2. The summed E-state index contributed by atoms with van der Waals surface area (Å²) in [5.74, 6) is 1.97. The molecule has 0 aromatic carbocycles. The maximum atomic E-state index is 6.03. The summed E-state index contributed by atoms with van der Waals surface area (Å²) in [7, 11) is 0. The van der Waals surface area contributed by atoms with Gasteiger partial charge in [-0.3, -0.25) is 0 Å². The van der Waals surface area contributed by atoms with E-state index in [-0.39, 0.29) is 5.54 Å². The van der Waals surface area contributed by atoms with Crippen molar-refractivity contribution in [3.8, 4) is 5.88 Å². The average molecular weight is 318 g/mol. The number of guanidine groups is 1. The molecule has 23 heavy (non-hydrogen) atoms. The molecule has 1 saturated carbocycles. The van der Waals surface area contributed by atoms with E-state index in [1.165, 1.54) is 12.8 Å². The molecule has 2 rings (SSSR count). The monoisotopic (exact) mass is 318 g/mol. The summed E-state index contributed by atoms with van der Waals surface area (Å²) in [6.07, 6.45) is 6.79. The third-order valence-corrected chi connectivity index (χ3v) is 3.98. The van der Waals surface area contributed by atoms with E-state index >= 15 is 0 Å². The van der Waals surface area contributed by atoms with E-state index in [1.54, 1.807) is 6.20 Å². The quantitative estimate of drug-likeness (QED) is 0.660. The van der Waals surface area contributed by atoms with Crippen LogP contribution in [-0.2, 0) is 6.54 Å². The standard InChI is InChI=1S/C18H30N4O/c1-13-5-7-15(8-6-13)23-16-11-14(9-10-20-16)12-21-17(19)22-18(2,3)4/h9-11,13,15H,5-8,12H2,1-4H3,(H3,19,21,22). The van der Waals surface area contributed by atoms with Crippen LogP contribution in [0.5, 0.6) is 5.88 Å². The number of aromatic nitrogens is 1. The van der Waals surface area contributed by atoms with Crippen LogP contribution in [0.15, 0.2) is 23.3 Å². The summed E-state index contributed by atoms with van der Waals surface area (Å²) >= 11 is 0. The third kappa shape index (κ3) is 6.47. The van der Waals surface area contributed by atoms with Crippen LogP contribution in [0.2, 0.25) is 0 Å². The smallest absolute Gasteiger partial charge is 0.213 e. The minimum Gasteiger partial charge on any atom is -0.474 e. The number of hydrogen-bond acceptors (Lipinski definition) is 3. The van der Waals surface area contributed by atoms with Gasteiger partial charge in [-0.05, 0) is 64.0 Å².